The summed E-state index contributed by atoms with van der Waals surface area (Å²) in [6, 6.07) is 13.9. The molecular formula is C18H19BrN2O3S. The summed E-state index contributed by atoms with van der Waals surface area (Å²) in [6.07, 6.45) is 1.92. The second-order valence-electron chi connectivity index (χ2n) is 6.12. The number of anilines is 1. The number of benzene rings is 2. The van der Waals surface area contributed by atoms with E-state index in [1.807, 2.05) is 24.3 Å². The molecule has 0 atom stereocenters. The molecule has 1 aliphatic rings. The van der Waals surface area contributed by atoms with Crippen molar-refractivity contribution < 1.29 is 13.2 Å². The highest BCUT2D eigenvalue weighted by Crippen LogP contribution is 2.46. The third kappa shape index (κ3) is 4.11. The van der Waals surface area contributed by atoms with Gasteiger partial charge in [0.15, 0.2) is 0 Å². The molecule has 2 aromatic carbocycles. The van der Waals surface area contributed by atoms with Crippen LogP contribution in [-0.4, -0.2) is 14.3 Å². The van der Waals surface area contributed by atoms with Crippen molar-refractivity contribution in [3.8, 4) is 0 Å². The van der Waals surface area contributed by atoms with Crippen LogP contribution < -0.4 is 10.0 Å². The number of hydrogen-bond acceptors (Lipinski definition) is 3. The molecule has 7 heteroatoms. The van der Waals surface area contributed by atoms with Crippen LogP contribution in [0.4, 0.5) is 5.69 Å². The standard InChI is InChI=1S/C18H19BrN2O3S/c1-2-17(22)20-15-7-9-16(10-8-15)25(23,24)21-18(11-12-18)13-3-5-14(19)6-4-13/h3-10,21H,2,11-12H2,1H3,(H,20,22). The molecule has 0 aliphatic heterocycles. The summed E-state index contributed by atoms with van der Waals surface area (Å²) in [5, 5.41) is 2.70. The van der Waals surface area contributed by atoms with Gasteiger partial charge in [-0.3, -0.25) is 4.79 Å². The zero-order valence-corrected chi connectivity index (χ0v) is 16.2. The van der Waals surface area contributed by atoms with Gasteiger partial charge in [0.1, 0.15) is 0 Å². The molecule has 2 aromatic rings. The van der Waals surface area contributed by atoms with E-state index in [4.69, 9.17) is 0 Å². The zero-order valence-electron chi connectivity index (χ0n) is 13.8. The maximum atomic E-state index is 12.7. The molecule has 0 radical (unpaired) electrons. The zero-order chi connectivity index (χ0) is 18.1. The van der Waals surface area contributed by atoms with Gasteiger partial charge in [-0.05, 0) is 54.8 Å². The van der Waals surface area contributed by atoms with E-state index in [0.717, 1.165) is 22.9 Å². The Labute approximate surface area is 156 Å². The fraction of sp³-hybridized carbons (Fsp3) is 0.278. The number of amides is 1. The quantitative estimate of drug-likeness (QED) is 0.743. The molecule has 0 heterocycles. The number of rotatable bonds is 6. The van der Waals surface area contributed by atoms with Gasteiger partial charge in [0.05, 0.1) is 10.4 Å². The maximum Gasteiger partial charge on any atom is 0.241 e. The van der Waals surface area contributed by atoms with Crippen LogP contribution in [0.2, 0.25) is 0 Å². The first-order valence-corrected chi connectivity index (χ1v) is 10.3. The molecule has 25 heavy (non-hydrogen) atoms. The molecular weight excluding hydrogens is 404 g/mol. The van der Waals surface area contributed by atoms with Gasteiger partial charge in [-0.1, -0.05) is 35.0 Å². The molecule has 0 aromatic heterocycles. The normalized spacial score (nSPS) is 15.6. The largest absolute Gasteiger partial charge is 0.326 e. The first-order valence-electron chi connectivity index (χ1n) is 8.05. The Kier molecular flexibility index (Phi) is 4.99. The lowest BCUT2D eigenvalue weighted by molar-refractivity contribution is -0.115. The molecule has 1 saturated carbocycles. The molecule has 0 bridgehead atoms. The molecule has 132 valence electrons. The fourth-order valence-corrected chi connectivity index (χ4v) is 4.34. The van der Waals surface area contributed by atoms with Gasteiger partial charge in [-0.15, -0.1) is 0 Å². The highest BCUT2D eigenvalue weighted by Gasteiger charge is 2.47. The SMILES string of the molecule is CCC(=O)Nc1ccc(S(=O)(=O)NC2(c3ccc(Br)cc3)CC2)cc1. The molecule has 2 N–H and O–H groups in total. The molecule has 1 aliphatic carbocycles. The minimum absolute atomic E-state index is 0.110. The Morgan fingerprint density at radius 2 is 1.68 bits per heavy atom. The van der Waals surface area contributed by atoms with E-state index >= 15 is 0 Å². The van der Waals surface area contributed by atoms with Crippen LogP contribution in [0.1, 0.15) is 31.7 Å². The monoisotopic (exact) mass is 422 g/mol. The lowest BCUT2D eigenvalue weighted by Gasteiger charge is -2.18. The van der Waals surface area contributed by atoms with E-state index < -0.39 is 15.6 Å². The van der Waals surface area contributed by atoms with Crippen LogP contribution in [0.5, 0.6) is 0 Å². The number of nitrogens with one attached hydrogen (secondary N) is 2. The fourth-order valence-electron chi connectivity index (χ4n) is 2.63. The molecule has 0 saturated heterocycles. The summed E-state index contributed by atoms with van der Waals surface area (Å²) in [5.41, 5.74) is 1.03. The van der Waals surface area contributed by atoms with Crippen molar-refractivity contribution in [1.29, 1.82) is 0 Å². The number of sulfonamides is 1. The van der Waals surface area contributed by atoms with Gasteiger partial charge in [0, 0.05) is 16.6 Å². The van der Waals surface area contributed by atoms with Crippen LogP contribution in [0.25, 0.3) is 0 Å². The Morgan fingerprint density at radius 1 is 1.08 bits per heavy atom. The first-order chi connectivity index (χ1) is 11.8. The van der Waals surface area contributed by atoms with E-state index in [9.17, 15) is 13.2 Å². The van der Waals surface area contributed by atoms with E-state index in [-0.39, 0.29) is 10.8 Å². The van der Waals surface area contributed by atoms with E-state index in [2.05, 4.69) is 26.0 Å². The summed E-state index contributed by atoms with van der Waals surface area (Å²) in [6.45, 7) is 1.76. The predicted molar refractivity (Wildman–Crippen MR) is 101 cm³/mol. The van der Waals surface area contributed by atoms with Crippen molar-refractivity contribution in [1.82, 2.24) is 4.72 Å². The van der Waals surface area contributed by atoms with Crippen molar-refractivity contribution >= 4 is 37.5 Å². The van der Waals surface area contributed by atoms with Gasteiger partial charge < -0.3 is 5.32 Å². The summed E-state index contributed by atoms with van der Waals surface area (Å²) >= 11 is 3.39. The van der Waals surface area contributed by atoms with Crippen LogP contribution >= 0.6 is 15.9 Å². The summed E-state index contributed by atoms with van der Waals surface area (Å²) in [4.78, 5) is 11.6. The number of carbonyl (C=O) groups is 1. The topological polar surface area (TPSA) is 75.3 Å². The van der Waals surface area contributed by atoms with Gasteiger partial charge in [0.25, 0.3) is 0 Å². The number of hydrogen-bond donors (Lipinski definition) is 2. The molecule has 1 amide bonds. The highest BCUT2D eigenvalue weighted by atomic mass is 79.9. The Bertz CT molecular complexity index is 874. The summed E-state index contributed by atoms with van der Waals surface area (Å²) < 4.78 is 29.2. The van der Waals surface area contributed by atoms with Crippen molar-refractivity contribution in [3.05, 3.63) is 58.6 Å². The lowest BCUT2D eigenvalue weighted by Crippen LogP contribution is -2.34. The number of halogens is 1. The van der Waals surface area contributed by atoms with Gasteiger partial charge >= 0.3 is 0 Å². The van der Waals surface area contributed by atoms with Crippen LogP contribution in [0.3, 0.4) is 0 Å². The second kappa shape index (κ2) is 6.90. The second-order valence-corrected chi connectivity index (χ2v) is 8.72. The van der Waals surface area contributed by atoms with Crippen LogP contribution in [0.15, 0.2) is 57.9 Å². The third-order valence-electron chi connectivity index (χ3n) is 4.25. The summed E-state index contributed by atoms with van der Waals surface area (Å²) in [7, 11) is -3.64. The average Bonchev–Trinajstić information content (AvgIpc) is 3.35. The van der Waals surface area contributed by atoms with Gasteiger partial charge in [-0.2, -0.15) is 0 Å². The molecule has 0 unspecified atom stereocenters. The Balaban J connectivity index is 1.78. The Hall–Kier alpha value is -1.70. The minimum atomic E-state index is -3.64. The van der Waals surface area contributed by atoms with Crippen molar-refractivity contribution in [3.63, 3.8) is 0 Å². The minimum Gasteiger partial charge on any atom is -0.326 e. The van der Waals surface area contributed by atoms with Crippen LogP contribution in [0, 0.1) is 0 Å². The summed E-state index contributed by atoms with van der Waals surface area (Å²) in [5.74, 6) is -0.110. The number of carbonyl (C=O) groups excluding carboxylic acids is 1. The van der Waals surface area contributed by atoms with Crippen LogP contribution in [-0.2, 0) is 20.4 Å². The molecule has 0 spiro atoms. The van der Waals surface area contributed by atoms with Gasteiger partial charge in [0.2, 0.25) is 15.9 Å². The molecule has 5 nitrogen and oxygen atoms in total. The van der Waals surface area contributed by atoms with Crippen molar-refractivity contribution in [2.45, 2.75) is 36.6 Å². The highest BCUT2D eigenvalue weighted by molar-refractivity contribution is 9.10. The smallest absolute Gasteiger partial charge is 0.241 e. The van der Waals surface area contributed by atoms with Gasteiger partial charge in [-0.25, -0.2) is 13.1 Å². The average molecular weight is 423 g/mol. The maximum absolute atomic E-state index is 12.7. The first kappa shape index (κ1) is 18.1. The molecule has 3 rings (SSSR count). The van der Waals surface area contributed by atoms with E-state index in [1.54, 1.807) is 19.1 Å². The third-order valence-corrected chi connectivity index (χ3v) is 6.33. The molecule has 1 fully saturated rings. The Morgan fingerprint density at radius 3 is 2.20 bits per heavy atom. The van der Waals surface area contributed by atoms with Crippen molar-refractivity contribution in [2.75, 3.05) is 5.32 Å². The van der Waals surface area contributed by atoms with Crippen molar-refractivity contribution in [2.24, 2.45) is 0 Å². The lowest BCUT2D eigenvalue weighted by atomic mass is 10.1. The van der Waals surface area contributed by atoms with E-state index in [1.165, 1.54) is 12.1 Å². The van der Waals surface area contributed by atoms with E-state index in [0.29, 0.717) is 12.1 Å². The predicted octanol–water partition coefficient (Wildman–Crippen LogP) is 3.77.